The summed E-state index contributed by atoms with van der Waals surface area (Å²) in [4.78, 5) is 0. The van der Waals surface area contributed by atoms with Gasteiger partial charge in [-0.05, 0) is 74.2 Å². The monoisotopic (exact) mass is 380 g/mol. The van der Waals surface area contributed by atoms with Gasteiger partial charge < -0.3 is 10.0 Å². The van der Waals surface area contributed by atoms with E-state index in [1.54, 1.807) is 6.07 Å². The predicted molar refractivity (Wildman–Crippen MR) is 125 cm³/mol. The minimum absolute atomic E-state index is 0.515. The Kier molecular flexibility index (Phi) is 5.52. The van der Waals surface area contributed by atoms with Gasteiger partial charge >= 0.3 is 7.12 Å². The molecule has 0 heterocycles. The van der Waals surface area contributed by atoms with Crippen LogP contribution in [0.25, 0.3) is 38.7 Å². The van der Waals surface area contributed by atoms with Gasteiger partial charge in [0.05, 0.1) is 0 Å². The first-order chi connectivity index (χ1) is 14.2. The van der Waals surface area contributed by atoms with Crippen molar-refractivity contribution in [2.75, 3.05) is 0 Å². The highest BCUT2D eigenvalue weighted by molar-refractivity contribution is 6.58. The van der Waals surface area contributed by atoms with Gasteiger partial charge in [0, 0.05) is 0 Å². The molecule has 144 valence electrons. The molecule has 2 N–H and O–H groups in total. The van der Waals surface area contributed by atoms with Gasteiger partial charge in [-0.25, -0.2) is 0 Å². The Morgan fingerprint density at radius 3 is 2.31 bits per heavy atom. The van der Waals surface area contributed by atoms with Crippen LogP contribution in [0.15, 0.2) is 72.8 Å². The van der Waals surface area contributed by atoms with Crippen LogP contribution in [0.3, 0.4) is 0 Å². The van der Waals surface area contributed by atoms with Crippen molar-refractivity contribution in [2.24, 2.45) is 0 Å². The highest BCUT2D eigenvalue weighted by Crippen LogP contribution is 2.36. The van der Waals surface area contributed by atoms with Gasteiger partial charge in [0.1, 0.15) is 0 Å². The van der Waals surface area contributed by atoms with Crippen LogP contribution in [-0.4, -0.2) is 17.2 Å². The maximum Gasteiger partial charge on any atom is 0.488 e. The second-order valence-corrected chi connectivity index (χ2v) is 7.18. The van der Waals surface area contributed by atoms with Gasteiger partial charge in [-0.3, -0.25) is 0 Å². The van der Waals surface area contributed by atoms with Gasteiger partial charge in [-0.2, -0.15) is 0 Å². The molecule has 1 aliphatic rings. The maximum atomic E-state index is 9.40. The van der Waals surface area contributed by atoms with E-state index in [4.69, 9.17) is 0 Å². The molecule has 0 aliphatic heterocycles. The van der Waals surface area contributed by atoms with Crippen molar-refractivity contribution in [3.05, 3.63) is 83.9 Å². The van der Waals surface area contributed by atoms with E-state index in [1.165, 1.54) is 33.0 Å². The standard InChI is InChI=1S/C24H19BO2.C2H6/c26-25(27)20-12-11-16-13-19(10-9-17(16)14-20)24-15-18-5-1-2-6-21(18)22-7-3-4-8-23(22)24;1-2/h2-4,6-15,26-27H,1,5H2;1-2H3. The van der Waals surface area contributed by atoms with Crippen molar-refractivity contribution in [3.63, 3.8) is 0 Å². The number of rotatable bonds is 2. The van der Waals surface area contributed by atoms with E-state index < -0.39 is 7.12 Å². The minimum atomic E-state index is -1.44. The summed E-state index contributed by atoms with van der Waals surface area (Å²) in [6, 6.07) is 22.9. The average molecular weight is 380 g/mol. The Hall–Kier alpha value is -2.88. The fourth-order valence-corrected chi connectivity index (χ4v) is 4.13. The molecule has 4 aromatic carbocycles. The largest absolute Gasteiger partial charge is 0.488 e. The third-order valence-electron chi connectivity index (χ3n) is 5.51. The van der Waals surface area contributed by atoms with E-state index in [0.717, 1.165) is 23.6 Å². The van der Waals surface area contributed by atoms with E-state index in [1.807, 2.05) is 26.0 Å². The zero-order valence-electron chi connectivity index (χ0n) is 16.9. The highest BCUT2D eigenvalue weighted by Gasteiger charge is 2.15. The van der Waals surface area contributed by atoms with Crippen LogP contribution in [0.5, 0.6) is 0 Å². The topological polar surface area (TPSA) is 40.5 Å². The van der Waals surface area contributed by atoms with Crippen molar-refractivity contribution < 1.29 is 10.0 Å². The molecule has 0 fully saturated rings. The summed E-state index contributed by atoms with van der Waals surface area (Å²) in [5.74, 6) is 0. The van der Waals surface area contributed by atoms with E-state index >= 15 is 0 Å². The van der Waals surface area contributed by atoms with E-state index in [0.29, 0.717) is 5.46 Å². The summed E-state index contributed by atoms with van der Waals surface area (Å²) in [6.07, 6.45) is 6.69. The van der Waals surface area contributed by atoms with Gasteiger partial charge in [0.25, 0.3) is 0 Å². The molecule has 0 amide bonds. The molecule has 0 atom stereocenters. The highest BCUT2D eigenvalue weighted by atomic mass is 16.4. The van der Waals surface area contributed by atoms with Crippen LogP contribution in [-0.2, 0) is 6.42 Å². The van der Waals surface area contributed by atoms with Crippen molar-refractivity contribution >= 4 is 40.2 Å². The van der Waals surface area contributed by atoms with Crippen LogP contribution >= 0.6 is 0 Å². The van der Waals surface area contributed by atoms with E-state index in [2.05, 4.69) is 60.7 Å². The average Bonchev–Trinajstić information content (AvgIpc) is 2.79. The predicted octanol–water partition coefficient (Wildman–Crippen LogP) is 5.33. The quantitative estimate of drug-likeness (QED) is 0.462. The number of aryl methyl sites for hydroxylation is 1. The van der Waals surface area contributed by atoms with Crippen molar-refractivity contribution in [3.8, 4) is 11.1 Å². The molecule has 0 unspecified atom stereocenters. The van der Waals surface area contributed by atoms with Crippen molar-refractivity contribution in [1.82, 2.24) is 0 Å². The summed E-state index contributed by atoms with van der Waals surface area (Å²) in [7, 11) is -1.44. The van der Waals surface area contributed by atoms with Crippen LogP contribution in [0.2, 0.25) is 0 Å². The Morgan fingerprint density at radius 1 is 0.793 bits per heavy atom. The minimum Gasteiger partial charge on any atom is -0.423 e. The Labute approximate surface area is 172 Å². The lowest BCUT2D eigenvalue weighted by atomic mass is 9.79. The summed E-state index contributed by atoms with van der Waals surface area (Å²) in [5.41, 5.74) is 5.72. The molecule has 29 heavy (non-hydrogen) atoms. The van der Waals surface area contributed by atoms with Gasteiger partial charge in [0.2, 0.25) is 0 Å². The number of hydrogen-bond donors (Lipinski definition) is 2. The maximum absolute atomic E-state index is 9.40. The molecule has 5 rings (SSSR count). The Bertz CT molecular complexity index is 1210. The fraction of sp³-hybridized carbons (Fsp3) is 0.154. The van der Waals surface area contributed by atoms with Gasteiger partial charge in [-0.15, -0.1) is 0 Å². The van der Waals surface area contributed by atoms with Gasteiger partial charge in [0.15, 0.2) is 0 Å². The molecule has 0 saturated heterocycles. The molecule has 0 bridgehead atoms. The van der Waals surface area contributed by atoms with Crippen molar-refractivity contribution in [1.29, 1.82) is 0 Å². The first-order valence-corrected chi connectivity index (χ1v) is 10.3. The summed E-state index contributed by atoms with van der Waals surface area (Å²) < 4.78 is 0. The number of hydrogen-bond acceptors (Lipinski definition) is 2. The van der Waals surface area contributed by atoms with Crippen molar-refractivity contribution in [2.45, 2.75) is 26.7 Å². The molecule has 0 spiro atoms. The molecule has 0 radical (unpaired) electrons. The zero-order valence-corrected chi connectivity index (χ0v) is 16.9. The third-order valence-corrected chi connectivity index (χ3v) is 5.51. The Morgan fingerprint density at radius 2 is 1.52 bits per heavy atom. The lowest BCUT2D eigenvalue weighted by Crippen LogP contribution is -2.29. The molecular formula is C26H25BO2. The second-order valence-electron chi connectivity index (χ2n) is 7.18. The molecule has 0 aromatic heterocycles. The summed E-state index contributed by atoms with van der Waals surface area (Å²) >= 11 is 0. The second kappa shape index (κ2) is 8.24. The van der Waals surface area contributed by atoms with Crippen LogP contribution in [0.1, 0.15) is 31.4 Å². The first kappa shape index (κ1) is 19.4. The number of fused-ring (bicyclic) bond motifs is 4. The van der Waals surface area contributed by atoms with Crippen LogP contribution in [0.4, 0.5) is 0 Å². The normalized spacial score (nSPS) is 12.4. The lowest BCUT2D eigenvalue weighted by Gasteiger charge is -2.17. The zero-order chi connectivity index (χ0) is 20.4. The fourth-order valence-electron chi connectivity index (χ4n) is 4.13. The molecule has 0 saturated carbocycles. The summed E-state index contributed by atoms with van der Waals surface area (Å²) in [5, 5.41) is 23.5. The smallest absolute Gasteiger partial charge is 0.423 e. The van der Waals surface area contributed by atoms with E-state index in [9.17, 15) is 10.0 Å². The molecular weight excluding hydrogens is 355 g/mol. The van der Waals surface area contributed by atoms with Crippen LogP contribution < -0.4 is 5.46 Å². The lowest BCUT2D eigenvalue weighted by molar-refractivity contribution is 0.426. The van der Waals surface area contributed by atoms with E-state index in [-0.39, 0.29) is 0 Å². The summed E-state index contributed by atoms with van der Waals surface area (Å²) in [6.45, 7) is 4.00. The molecule has 3 heteroatoms. The number of benzene rings is 4. The van der Waals surface area contributed by atoms with Crippen LogP contribution in [0, 0.1) is 0 Å². The third kappa shape index (κ3) is 3.60. The SMILES string of the molecule is CC.OB(O)c1ccc2cc(-c3cc4c(c5ccccc35)C=CCC4)ccc2c1. The van der Waals surface area contributed by atoms with Gasteiger partial charge in [-0.1, -0.05) is 80.6 Å². The first-order valence-electron chi connectivity index (χ1n) is 10.3. The molecule has 4 aromatic rings. The molecule has 1 aliphatic carbocycles. The molecule has 2 nitrogen and oxygen atoms in total. The Balaban J connectivity index is 0.000000994. The number of allylic oxidation sites excluding steroid dienone is 1.